The molecule has 1 aliphatic heterocycles. The standard InChI is InChI=1S/C32H50N2O13/c1-28(35)33-29-2-4-30(5-3-29)47-27-26-46-25-24-45-23-22-44-21-20-43-19-18-42-17-16-41-15-14-40-13-12-39-11-10-38-9-8-34-31(36)6-7-32(34)37/h2-7H,8-27H2,1H3,(H,33,35). The van der Waals surface area contributed by atoms with Gasteiger partial charge in [-0.05, 0) is 24.3 Å². The molecule has 0 atom stereocenters. The van der Waals surface area contributed by atoms with E-state index in [1.54, 1.807) is 24.3 Å². The normalized spacial score (nSPS) is 12.7. The monoisotopic (exact) mass is 670 g/mol. The molecule has 15 nitrogen and oxygen atoms in total. The number of imide groups is 1. The van der Waals surface area contributed by atoms with Crippen molar-refractivity contribution in [3.05, 3.63) is 36.4 Å². The highest BCUT2D eigenvalue weighted by atomic mass is 16.6. The minimum Gasteiger partial charge on any atom is -0.491 e. The van der Waals surface area contributed by atoms with E-state index in [0.29, 0.717) is 125 Å². The fraction of sp³-hybridized carbons (Fsp3) is 0.656. The third-order valence-corrected chi connectivity index (χ3v) is 6.01. The number of hydrogen-bond acceptors (Lipinski definition) is 13. The lowest BCUT2D eigenvalue weighted by molar-refractivity contribution is -0.137. The van der Waals surface area contributed by atoms with Crippen LogP contribution in [0.4, 0.5) is 5.69 Å². The predicted molar refractivity (Wildman–Crippen MR) is 169 cm³/mol. The molecule has 1 N–H and O–H groups in total. The summed E-state index contributed by atoms with van der Waals surface area (Å²) in [7, 11) is 0. The molecule has 1 aliphatic rings. The van der Waals surface area contributed by atoms with Gasteiger partial charge >= 0.3 is 0 Å². The van der Waals surface area contributed by atoms with Gasteiger partial charge in [-0.2, -0.15) is 0 Å². The fourth-order valence-electron chi connectivity index (χ4n) is 3.72. The maximum Gasteiger partial charge on any atom is 0.253 e. The minimum absolute atomic E-state index is 0.113. The van der Waals surface area contributed by atoms with Crippen molar-refractivity contribution in [2.45, 2.75) is 6.92 Å². The molecule has 1 aromatic rings. The molecule has 0 spiro atoms. The predicted octanol–water partition coefficient (Wildman–Crippen LogP) is 1.10. The van der Waals surface area contributed by atoms with E-state index >= 15 is 0 Å². The highest BCUT2D eigenvalue weighted by Crippen LogP contribution is 2.15. The first-order chi connectivity index (χ1) is 23.1. The molecule has 0 saturated carbocycles. The summed E-state index contributed by atoms with van der Waals surface area (Å²) in [4.78, 5) is 35.0. The lowest BCUT2D eigenvalue weighted by Gasteiger charge is -2.13. The Hall–Kier alpha value is -2.99. The van der Waals surface area contributed by atoms with Crippen LogP contribution in [-0.4, -0.2) is 155 Å². The molecular formula is C32H50N2O13. The van der Waals surface area contributed by atoms with Crippen LogP contribution in [0.1, 0.15) is 6.92 Å². The molecule has 0 fully saturated rings. The van der Waals surface area contributed by atoms with E-state index in [9.17, 15) is 14.4 Å². The summed E-state index contributed by atoms with van der Waals surface area (Å²) in [6.07, 6.45) is 2.51. The molecule has 47 heavy (non-hydrogen) atoms. The number of nitrogens with one attached hydrogen (secondary N) is 1. The number of anilines is 1. The lowest BCUT2D eigenvalue weighted by Crippen LogP contribution is -2.33. The number of rotatable bonds is 32. The first-order valence-corrected chi connectivity index (χ1v) is 15.8. The Labute approximate surface area is 276 Å². The van der Waals surface area contributed by atoms with Gasteiger partial charge in [-0.15, -0.1) is 0 Å². The number of carbonyl (C=O) groups excluding carboxylic acids is 3. The summed E-state index contributed by atoms with van der Waals surface area (Å²) >= 11 is 0. The number of carbonyl (C=O) groups is 3. The molecule has 0 unspecified atom stereocenters. The summed E-state index contributed by atoms with van der Waals surface area (Å²) in [5.41, 5.74) is 0.726. The van der Waals surface area contributed by atoms with E-state index < -0.39 is 0 Å². The first-order valence-electron chi connectivity index (χ1n) is 15.8. The van der Waals surface area contributed by atoms with Crippen molar-refractivity contribution in [1.82, 2.24) is 4.90 Å². The number of nitrogens with zero attached hydrogens (tertiary/aromatic N) is 1. The Balaban J connectivity index is 1.17. The Bertz CT molecular complexity index is 976. The van der Waals surface area contributed by atoms with E-state index in [-0.39, 0.29) is 30.9 Å². The zero-order chi connectivity index (χ0) is 33.6. The van der Waals surface area contributed by atoms with Gasteiger partial charge in [0.2, 0.25) is 5.91 Å². The van der Waals surface area contributed by atoms with Crippen LogP contribution in [0.5, 0.6) is 5.75 Å². The van der Waals surface area contributed by atoms with Crippen LogP contribution in [0.25, 0.3) is 0 Å². The van der Waals surface area contributed by atoms with Crippen LogP contribution >= 0.6 is 0 Å². The van der Waals surface area contributed by atoms with E-state index in [2.05, 4.69) is 5.32 Å². The molecule has 1 aromatic carbocycles. The average Bonchev–Trinajstić information content (AvgIpc) is 3.38. The van der Waals surface area contributed by atoms with Crippen LogP contribution in [0.2, 0.25) is 0 Å². The molecule has 0 aliphatic carbocycles. The van der Waals surface area contributed by atoms with Gasteiger partial charge in [-0.3, -0.25) is 19.3 Å². The van der Waals surface area contributed by atoms with Crippen LogP contribution in [0, 0.1) is 0 Å². The first kappa shape index (κ1) is 40.2. The second-order valence-corrected chi connectivity index (χ2v) is 9.73. The van der Waals surface area contributed by atoms with Crippen LogP contribution < -0.4 is 10.1 Å². The molecule has 15 heteroatoms. The number of ether oxygens (including phenoxy) is 10. The molecule has 0 saturated heterocycles. The highest BCUT2D eigenvalue weighted by molar-refractivity contribution is 6.12. The SMILES string of the molecule is CC(=O)Nc1ccc(OCCOCCOCCOCCOCCOCCOCCOCCOCCOCCN2C(=O)C=CC2=O)cc1. The Morgan fingerprint density at radius 1 is 0.511 bits per heavy atom. The van der Waals surface area contributed by atoms with Gasteiger partial charge in [-0.25, -0.2) is 0 Å². The summed E-state index contributed by atoms with van der Waals surface area (Å²) in [6, 6.07) is 7.15. The van der Waals surface area contributed by atoms with Crippen molar-refractivity contribution in [3.63, 3.8) is 0 Å². The minimum atomic E-state index is -0.309. The second kappa shape index (κ2) is 28.1. The summed E-state index contributed by atoms with van der Waals surface area (Å²) in [5.74, 6) is -0.0219. The van der Waals surface area contributed by atoms with Crippen molar-refractivity contribution < 1.29 is 61.8 Å². The van der Waals surface area contributed by atoms with Gasteiger partial charge in [0.1, 0.15) is 12.4 Å². The van der Waals surface area contributed by atoms with Gasteiger partial charge in [0.25, 0.3) is 11.8 Å². The van der Waals surface area contributed by atoms with Crippen molar-refractivity contribution >= 4 is 23.4 Å². The van der Waals surface area contributed by atoms with Crippen LogP contribution in [0.15, 0.2) is 36.4 Å². The Morgan fingerprint density at radius 3 is 1.17 bits per heavy atom. The van der Waals surface area contributed by atoms with Crippen molar-refractivity contribution in [3.8, 4) is 5.75 Å². The third-order valence-electron chi connectivity index (χ3n) is 6.01. The van der Waals surface area contributed by atoms with E-state index in [1.807, 2.05) is 0 Å². The second-order valence-electron chi connectivity index (χ2n) is 9.73. The van der Waals surface area contributed by atoms with Crippen molar-refractivity contribution in [1.29, 1.82) is 0 Å². The van der Waals surface area contributed by atoms with Gasteiger partial charge in [-0.1, -0.05) is 0 Å². The molecule has 2 rings (SSSR count). The zero-order valence-electron chi connectivity index (χ0n) is 27.4. The van der Waals surface area contributed by atoms with Crippen molar-refractivity contribution in [2.75, 3.05) is 137 Å². The molecule has 266 valence electrons. The van der Waals surface area contributed by atoms with Crippen LogP contribution in [-0.2, 0) is 57.0 Å². The average molecular weight is 671 g/mol. The van der Waals surface area contributed by atoms with Crippen molar-refractivity contribution in [2.24, 2.45) is 0 Å². The van der Waals surface area contributed by atoms with E-state index in [1.165, 1.54) is 19.1 Å². The largest absolute Gasteiger partial charge is 0.491 e. The van der Waals surface area contributed by atoms with Gasteiger partial charge in [0, 0.05) is 24.8 Å². The molecule has 3 amide bonds. The highest BCUT2D eigenvalue weighted by Gasteiger charge is 2.22. The maximum absolute atomic E-state index is 11.4. The summed E-state index contributed by atoms with van der Waals surface area (Å²) in [6.45, 7) is 10.2. The lowest BCUT2D eigenvalue weighted by atomic mass is 10.3. The maximum atomic E-state index is 11.4. The van der Waals surface area contributed by atoms with Gasteiger partial charge in [0.15, 0.2) is 0 Å². The topological polar surface area (TPSA) is 159 Å². The van der Waals surface area contributed by atoms with Gasteiger partial charge in [0.05, 0.1) is 125 Å². The molecule has 0 bridgehead atoms. The molecule has 1 heterocycles. The van der Waals surface area contributed by atoms with Crippen LogP contribution in [0.3, 0.4) is 0 Å². The quantitative estimate of drug-likeness (QED) is 0.0859. The molecule has 0 aromatic heterocycles. The van der Waals surface area contributed by atoms with E-state index in [0.717, 1.165) is 10.6 Å². The number of amides is 3. The smallest absolute Gasteiger partial charge is 0.253 e. The van der Waals surface area contributed by atoms with Gasteiger partial charge < -0.3 is 52.7 Å². The molecular weight excluding hydrogens is 620 g/mol. The van der Waals surface area contributed by atoms with E-state index in [4.69, 9.17) is 47.4 Å². The zero-order valence-corrected chi connectivity index (χ0v) is 27.4. The fourth-order valence-corrected chi connectivity index (χ4v) is 3.72. The molecule has 0 radical (unpaired) electrons. The number of hydrogen-bond donors (Lipinski definition) is 1. The Morgan fingerprint density at radius 2 is 0.830 bits per heavy atom. The Kier molecular flexibility index (Phi) is 24.0. The number of benzene rings is 1. The summed E-state index contributed by atoms with van der Waals surface area (Å²) in [5, 5.41) is 2.70. The third kappa shape index (κ3) is 22.3. The summed E-state index contributed by atoms with van der Waals surface area (Å²) < 4.78 is 54.6.